The second-order valence-corrected chi connectivity index (χ2v) is 7.26. The molecule has 3 rings (SSSR count). The van der Waals surface area contributed by atoms with Crippen molar-refractivity contribution >= 4 is 35.2 Å². The summed E-state index contributed by atoms with van der Waals surface area (Å²) in [5.41, 5.74) is 7.59. The van der Waals surface area contributed by atoms with Gasteiger partial charge in [0, 0.05) is 22.6 Å². The first kappa shape index (κ1) is 21.1. The zero-order valence-corrected chi connectivity index (χ0v) is 16.8. The van der Waals surface area contributed by atoms with Crippen molar-refractivity contribution in [3.8, 4) is 11.5 Å². The molecule has 8 nitrogen and oxygen atoms in total. The van der Waals surface area contributed by atoms with Crippen molar-refractivity contribution in [3.05, 3.63) is 72.1 Å². The lowest BCUT2D eigenvalue weighted by Crippen LogP contribution is -2.33. The molecule has 0 aliphatic heterocycles. The van der Waals surface area contributed by atoms with Gasteiger partial charge in [-0.1, -0.05) is 18.2 Å². The molecule has 0 saturated heterocycles. The van der Waals surface area contributed by atoms with Crippen LogP contribution in [0.5, 0.6) is 0 Å². The monoisotopic (exact) mass is 424 g/mol. The van der Waals surface area contributed by atoms with E-state index in [9.17, 15) is 14.4 Å². The Morgan fingerprint density at radius 3 is 2.47 bits per heavy atom. The lowest BCUT2D eigenvalue weighted by molar-refractivity contribution is -0.117. The highest BCUT2D eigenvalue weighted by Gasteiger charge is 2.09. The third-order valence-electron chi connectivity index (χ3n) is 3.91. The van der Waals surface area contributed by atoms with Gasteiger partial charge in [-0.15, -0.1) is 11.8 Å². The predicted octanol–water partition coefficient (Wildman–Crippen LogP) is 2.43. The van der Waals surface area contributed by atoms with Gasteiger partial charge in [0.2, 0.25) is 17.7 Å². The molecule has 30 heavy (non-hydrogen) atoms. The summed E-state index contributed by atoms with van der Waals surface area (Å²) in [5.74, 6) is 0.140. The molecule has 0 bridgehead atoms. The van der Waals surface area contributed by atoms with E-state index < -0.39 is 11.8 Å². The van der Waals surface area contributed by atoms with Gasteiger partial charge in [0.15, 0.2) is 0 Å². The minimum absolute atomic E-state index is 0.169. The number of nitrogens with zero attached hydrogens (tertiary/aromatic N) is 1. The Morgan fingerprint density at radius 2 is 1.77 bits per heavy atom. The number of amides is 3. The van der Waals surface area contributed by atoms with Crippen molar-refractivity contribution in [3.63, 3.8) is 0 Å². The van der Waals surface area contributed by atoms with Crippen molar-refractivity contribution < 1.29 is 18.8 Å². The molecule has 2 aromatic carbocycles. The van der Waals surface area contributed by atoms with E-state index in [2.05, 4.69) is 15.6 Å². The Labute approximate surface area is 177 Å². The Bertz CT molecular complexity index is 1020. The third kappa shape index (κ3) is 6.21. The van der Waals surface area contributed by atoms with Crippen molar-refractivity contribution in [2.75, 3.05) is 17.6 Å². The lowest BCUT2D eigenvalue weighted by atomic mass is 10.2. The zero-order valence-electron chi connectivity index (χ0n) is 16.0. The average molecular weight is 424 g/mol. The van der Waals surface area contributed by atoms with E-state index >= 15 is 0 Å². The first-order chi connectivity index (χ1) is 14.5. The largest absolute Gasteiger partial charge is 0.444 e. The van der Waals surface area contributed by atoms with Gasteiger partial charge in [0.25, 0.3) is 5.91 Å². The van der Waals surface area contributed by atoms with E-state index in [1.165, 1.54) is 11.8 Å². The SMILES string of the molecule is NC(=O)CNC(=O)c1ccc(NC(=O)CSCc2coc(-c3ccccc3)n2)cc1. The summed E-state index contributed by atoms with van der Waals surface area (Å²) in [5, 5.41) is 5.16. The number of primary amides is 1. The molecular weight excluding hydrogens is 404 g/mol. The standard InChI is InChI=1S/C21H20N4O4S/c22-18(26)10-23-20(28)14-6-8-16(9-7-14)24-19(27)13-30-12-17-11-29-21(25-17)15-4-2-1-3-5-15/h1-9,11H,10,12-13H2,(H2,22,26)(H,23,28)(H,24,27). The molecule has 0 unspecified atom stereocenters. The Hall–Kier alpha value is -3.59. The number of anilines is 1. The summed E-state index contributed by atoms with van der Waals surface area (Å²) in [6, 6.07) is 15.9. The van der Waals surface area contributed by atoms with Crippen LogP contribution in [0.2, 0.25) is 0 Å². The van der Waals surface area contributed by atoms with Gasteiger partial charge in [-0.25, -0.2) is 4.98 Å². The van der Waals surface area contributed by atoms with Gasteiger partial charge in [0.1, 0.15) is 6.26 Å². The van der Waals surface area contributed by atoms with Crippen LogP contribution in [-0.4, -0.2) is 35.0 Å². The summed E-state index contributed by atoms with van der Waals surface area (Å²) in [6.07, 6.45) is 1.59. The van der Waals surface area contributed by atoms with Crippen molar-refractivity contribution in [1.82, 2.24) is 10.3 Å². The van der Waals surface area contributed by atoms with Gasteiger partial charge in [0.05, 0.1) is 18.0 Å². The number of rotatable bonds is 9. The number of oxazole rings is 1. The zero-order chi connectivity index (χ0) is 21.3. The highest BCUT2D eigenvalue weighted by atomic mass is 32.2. The molecule has 4 N–H and O–H groups in total. The van der Waals surface area contributed by atoms with Crippen LogP contribution >= 0.6 is 11.8 Å². The average Bonchev–Trinajstić information content (AvgIpc) is 3.22. The van der Waals surface area contributed by atoms with E-state index in [0.717, 1.165) is 11.3 Å². The Balaban J connectivity index is 1.43. The van der Waals surface area contributed by atoms with Crippen LogP contribution < -0.4 is 16.4 Å². The van der Waals surface area contributed by atoms with Crippen LogP contribution in [0.4, 0.5) is 5.69 Å². The predicted molar refractivity (Wildman–Crippen MR) is 115 cm³/mol. The van der Waals surface area contributed by atoms with E-state index in [1.807, 2.05) is 30.3 Å². The number of carbonyl (C=O) groups is 3. The fraction of sp³-hybridized carbons (Fsp3) is 0.143. The molecule has 154 valence electrons. The number of thioether (sulfide) groups is 1. The minimum Gasteiger partial charge on any atom is -0.444 e. The molecule has 0 radical (unpaired) electrons. The molecule has 9 heteroatoms. The number of hydrogen-bond donors (Lipinski definition) is 3. The second kappa shape index (κ2) is 10.3. The smallest absolute Gasteiger partial charge is 0.251 e. The van der Waals surface area contributed by atoms with Gasteiger partial charge < -0.3 is 20.8 Å². The molecule has 3 aromatic rings. The van der Waals surface area contributed by atoms with E-state index in [-0.39, 0.29) is 18.2 Å². The molecule has 1 heterocycles. The molecular formula is C21H20N4O4S. The van der Waals surface area contributed by atoms with Crippen LogP contribution in [0, 0.1) is 0 Å². The quantitative estimate of drug-likeness (QED) is 0.484. The fourth-order valence-electron chi connectivity index (χ4n) is 2.51. The van der Waals surface area contributed by atoms with Crippen LogP contribution in [0.3, 0.4) is 0 Å². The topological polar surface area (TPSA) is 127 Å². The van der Waals surface area contributed by atoms with Crippen LogP contribution in [-0.2, 0) is 15.3 Å². The summed E-state index contributed by atoms with van der Waals surface area (Å²) >= 11 is 1.42. The highest BCUT2D eigenvalue weighted by molar-refractivity contribution is 7.99. The maximum Gasteiger partial charge on any atom is 0.251 e. The van der Waals surface area contributed by atoms with Gasteiger partial charge in [-0.05, 0) is 36.4 Å². The maximum absolute atomic E-state index is 12.1. The number of aromatic nitrogens is 1. The van der Waals surface area contributed by atoms with Crippen molar-refractivity contribution in [2.45, 2.75) is 5.75 Å². The normalized spacial score (nSPS) is 10.4. The molecule has 0 aliphatic carbocycles. The first-order valence-corrected chi connectivity index (χ1v) is 10.2. The second-order valence-electron chi connectivity index (χ2n) is 6.28. The third-order valence-corrected chi connectivity index (χ3v) is 4.88. The lowest BCUT2D eigenvalue weighted by Gasteiger charge is -2.06. The molecule has 0 fully saturated rings. The van der Waals surface area contributed by atoms with Crippen molar-refractivity contribution in [2.24, 2.45) is 5.73 Å². The van der Waals surface area contributed by atoms with Crippen LogP contribution in [0.1, 0.15) is 16.1 Å². The van der Waals surface area contributed by atoms with Crippen LogP contribution in [0.25, 0.3) is 11.5 Å². The molecule has 0 atom stereocenters. The first-order valence-electron chi connectivity index (χ1n) is 9.05. The molecule has 0 saturated carbocycles. The van der Waals surface area contributed by atoms with Gasteiger partial charge in [-0.3, -0.25) is 14.4 Å². The van der Waals surface area contributed by atoms with E-state index in [1.54, 1.807) is 30.5 Å². The summed E-state index contributed by atoms with van der Waals surface area (Å²) < 4.78 is 5.48. The summed E-state index contributed by atoms with van der Waals surface area (Å²) in [7, 11) is 0. The summed E-state index contributed by atoms with van der Waals surface area (Å²) in [6.45, 7) is -0.229. The Kier molecular flexibility index (Phi) is 7.23. The van der Waals surface area contributed by atoms with Crippen LogP contribution in [0.15, 0.2) is 65.3 Å². The van der Waals surface area contributed by atoms with Gasteiger partial charge >= 0.3 is 0 Å². The molecule has 0 spiro atoms. The minimum atomic E-state index is -0.619. The van der Waals surface area contributed by atoms with Gasteiger partial charge in [-0.2, -0.15) is 0 Å². The number of nitrogens with two attached hydrogens (primary N) is 1. The molecule has 0 aliphatic rings. The molecule has 3 amide bonds. The number of hydrogen-bond acceptors (Lipinski definition) is 6. The van der Waals surface area contributed by atoms with Crippen molar-refractivity contribution in [1.29, 1.82) is 0 Å². The molecule has 1 aromatic heterocycles. The number of carbonyl (C=O) groups excluding carboxylic acids is 3. The highest BCUT2D eigenvalue weighted by Crippen LogP contribution is 2.20. The van der Waals surface area contributed by atoms with E-state index in [0.29, 0.717) is 22.9 Å². The fourth-order valence-corrected chi connectivity index (χ4v) is 3.21. The maximum atomic E-state index is 12.1. The Morgan fingerprint density at radius 1 is 1.03 bits per heavy atom. The number of benzene rings is 2. The number of nitrogens with one attached hydrogen (secondary N) is 2. The van der Waals surface area contributed by atoms with E-state index in [4.69, 9.17) is 10.2 Å². The summed E-state index contributed by atoms with van der Waals surface area (Å²) in [4.78, 5) is 39.1.